The van der Waals surface area contributed by atoms with Crippen LogP contribution < -0.4 is 15.4 Å². The van der Waals surface area contributed by atoms with Crippen molar-refractivity contribution in [2.24, 2.45) is 5.92 Å². The average molecular weight is 510 g/mol. The first kappa shape index (κ1) is 30.4. The summed E-state index contributed by atoms with van der Waals surface area (Å²) in [6, 6.07) is 16.8. The Morgan fingerprint density at radius 2 is 1.59 bits per heavy atom. The van der Waals surface area contributed by atoms with Crippen LogP contribution in [0.1, 0.15) is 71.9 Å². The summed E-state index contributed by atoms with van der Waals surface area (Å²) in [4.78, 5) is 28.8. The van der Waals surface area contributed by atoms with Gasteiger partial charge in [-0.1, -0.05) is 69.7 Å². The molecule has 204 valence electrons. The van der Waals surface area contributed by atoms with Crippen molar-refractivity contribution in [3.63, 3.8) is 0 Å². The number of likely N-dealkylation sites (N-methyl/N-ethyl adjacent to an activating group) is 1. The first-order chi connectivity index (χ1) is 17.5. The summed E-state index contributed by atoms with van der Waals surface area (Å²) in [5.41, 5.74) is 1.67. The van der Waals surface area contributed by atoms with E-state index < -0.39 is 11.6 Å². The fourth-order valence-corrected chi connectivity index (χ4v) is 4.13. The number of unbranched alkanes of at least 4 members (excludes halogenated alkanes) is 1. The molecule has 2 N–H and O–H groups in total. The maximum Gasteiger partial charge on any atom is 0.243 e. The minimum Gasteiger partial charge on any atom is -0.489 e. The number of rotatable bonds is 14. The Kier molecular flexibility index (Phi) is 12.1. The van der Waals surface area contributed by atoms with Gasteiger partial charge < -0.3 is 15.4 Å². The van der Waals surface area contributed by atoms with Crippen molar-refractivity contribution in [3.05, 3.63) is 65.7 Å². The molecule has 6 heteroatoms. The quantitative estimate of drug-likeness (QED) is 0.360. The Bertz CT molecular complexity index is 952. The first-order valence-electron chi connectivity index (χ1n) is 13.6. The van der Waals surface area contributed by atoms with Crippen LogP contribution in [0.4, 0.5) is 0 Å². The van der Waals surface area contributed by atoms with Gasteiger partial charge in [-0.15, -0.1) is 0 Å². The van der Waals surface area contributed by atoms with E-state index in [4.69, 9.17) is 4.74 Å². The predicted molar refractivity (Wildman–Crippen MR) is 152 cm³/mol. The highest BCUT2D eigenvalue weighted by molar-refractivity contribution is 5.90. The Labute approximate surface area is 224 Å². The second kappa shape index (κ2) is 14.8. The van der Waals surface area contributed by atoms with E-state index in [1.165, 1.54) is 0 Å². The second-order valence-electron chi connectivity index (χ2n) is 11.4. The maximum atomic E-state index is 13.5. The van der Waals surface area contributed by atoms with Crippen LogP contribution in [0.5, 0.6) is 5.75 Å². The summed E-state index contributed by atoms with van der Waals surface area (Å²) in [5, 5.41) is 6.13. The van der Waals surface area contributed by atoms with Crippen LogP contribution >= 0.6 is 0 Å². The summed E-state index contributed by atoms with van der Waals surface area (Å²) in [7, 11) is 2.00. The van der Waals surface area contributed by atoms with Gasteiger partial charge >= 0.3 is 0 Å². The molecule has 2 aromatic rings. The number of ether oxygens (including phenoxy) is 1. The van der Waals surface area contributed by atoms with Crippen molar-refractivity contribution < 1.29 is 14.3 Å². The number of amides is 2. The lowest BCUT2D eigenvalue weighted by molar-refractivity contribution is -0.132. The molecule has 0 radical (unpaired) electrons. The topological polar surface area (TPSA) is 70.7 Å². The maximum absolute atomic E-state index is 13.5. The van der Waals surface area contributed by atoms with Crippen molar-refractivity contribution in [3.8, 4) is 5.75 Å². The SMILES string of the molecule is CCCCN(C)C(CC(C)C)C(=O)NC(Cc1ccc(OCc2ccccc2)cc1)C(=O)NC(C)(C)C. The van der Waals surface area contributed by atoms with E-state index in [1.54, 1.807) is 0 Å². The summed E-state index contributed by atoms with van der Waals surface area (Å²) in [6.07, 6.45) is 3.25. The van der Waals surface area contributed by atoms with Gasteiger partial charge in [-0.25, -0.2) is 0 Å². The molecule has 0 aliphatic rings. The molecule has 2 atom stereocenters. The molecule has 0 saturated heterocycles. The molecule has 37 heavy (non-hydrogen) atoms. The van der Waals surface area contributed by atoms with Crippen LogP contribution in [0.2, 0.25) is 0 Å². The number of nitrogens with one attached hydrogen (secondary N) is 2. The van der Waals surface area contributed by atoms with Gasteiger partial charge in [0, 0.05) is 12.0 Å². The number of hydrogen-bond acceptors (Lipinski definition) is 4. The zero-order valence-corrected chi connectivity index (χ0v) is 23.8. The minimum absolute atomic E-state index is 0.0934. The van der Waals surface area contributed by atoms with Gasteiger partial charge in [-0.3, -0.25) is 14.5 Å². The number of carbonyl (C=O) groups excluding carboxylic acids is 2. The second-order valence-corrected chi connectivity index (χ2v) is 11.4. The van der Waals surface area contributed by atoms with Crippen LogP contribution in [0.15, 0.2) is 54.6 Å². The molecule has 2 rings (SSSR count). The number of benzene rings is 2. The molecular weight excluding hydrogens is 462 g/mol. The lowest BCUT2D eigenvalue weighted by Crippen LogP contribution is -2.56. The normalized spacial score (nSPS) is 13.3. The average Bonchev–Trinajstić information content (AvgIpc) is 2.84. The first-order valence-corrected chi connectivity index (χ1v) is 13.6. The van der Waals surface area contributed by atoms with E-state index in [1.807, 2.05) is 82.4 Å². The lowest BCUT2D eigenvalue weighted by atomic mass is 9.99. The third kappa shape index (κ3) is 11.4. The fourth-order valence-electron chi connectivity index (χ4n) is 4.13. The zero-order valence-electron chi connectivity index (χ0n) is 23.8. The Morgan fingerprint density at radius 3 is 2.16 bits per heavy atom. The monoisotopic (exact) mass is 509 g/mol. The molecule has 0 heterocycles. The van der Waals surface area contributed by atoms with Gasteiger partial charge in [0.25, 0.3) is 0 Å². The number of nitrogens with zero attached hydrogens (tertiary/aromatic N) is 1. The third-order valence-corrected chi connectivity index (χ3v) is 6.14. The van der Waals surface area contributed by atoms with Gasteiger partial charge in [-0.2, -0.15) is 0 Å². The van der Waals surface area contributed by atoms with E-state index in [-0.39, 0.29) is 17.9 Å². The van der Waals surface area contributed by atoms with Gasteiger partial charge in [-0.05, 0) is 76.4 Å². The van der Waals surface area contributed by atoms with Gasteiger partial charge in [0.2, 0.25) is 11.8 Å². The summed E-state index contributed by atoms with van der Waals surface area (Å²) in [5.74, 6) is 0.862. The van der Waals surface area contributed by atoms with Gasteiger partial charge in [0.05, 0.1) is 6.04 Å². The van der Waals surface area contributed by atoms with Gasteiger partial charge in [0.1, 0.15) is 18.4 Å². The lowest BCUT2D eigenvalue weighted by Gasteiger charge is -2.31. The standard InChI is InChI=1S/C31H47N3O3/c1-8-9-19-34(7)28(20-23(2)3)30(36)32-27(29(35)33-31(4,5)6)21-24-15-17-26(18-16-24)37-22-25-13-11-10-12-14-25/h10-18,23,27-28H,8-9,19-22H2,1-7H3,(H,32,36)(H,33,35). The van der Waals surface area contributed by atoms with E-state index in [9.17, 15) is 9.59 Å². The van der Waals surface area contributed by atoms with Crippen molar-refractivity contribution in [1.82, 2.24) is 15.5 Å². The molecule has 0 aliphatic carbocycles. The molecule has 2 aromatic carbocycles. The molecule has 0 saturated carbocycles. The molecule has 0 bridgehead atoms. The van der Waals surface area contributed by atoms with E-state index in [2.05, 4.69) is 36.3 Å². The Hall–Kier alpha value is -2.86. The zero-order chi connectivity index (χ0) is 27.4. The van der Waals surface area contributed by atoms with Gasteiger partial charge in [0.15, 0.2) is 0 Å². The predicted octanol–water partition coefficient (Wildman–Crippen LogP) is 5.35. The highest BCUT2D eigenvalue weighted by Crippen LogP contribution is 2.17. The third-order valence-electron chi connectivity index (χ3n) is 6.14. The molecule has 0 fully saturated rings. The molecule has 0 aromatic heterocycles. The van der Waals surface area contributed by atoms with Crippen molar-refractivity contribution in [2.75, 3.05) is 13.6 Å². The highest BCUT2D eigenvalue weighted by Gasteiger charge is 2.30. The van der Waals surface area contributed by atoms with E-state index in [0.717, 1.165) is 42.7 Å². The van der Waals surface area contributed by atoms with Crippen LogP contribution in [-0.2, 0) is 22.6 Å². The molecule has 0 spiro atoms. The Morgan fingerprint density at radius 1 is 0.946 bits per heavy atom. The minimum atomic E-state index is -0.669. The summed E-state index contributed by atoms with van der Waals surface area (Å²) >= 11 is 0. The largest absolute Gasteiger partial charge is 0.489 e. The van der Waals surface area contributed by atoms with E-state index >= 15 is 0 Å². The molecule has 2 amide bonds. The number of carbonyl (C=O) groups is 2. The molecule has 2 unspecified atom stereocenters. The number of hydrogen-bond donors (Lipinski definition) is 2. The van der Waals surface area contributed by atoms with Crippen LogP contribution in [0.25, 0.3) is 0 Å². The smallest absolute Gasteiger partial charge is 0.243 e. The highest BCUT2D eigenvalue weighted by atomic mass is 16.5. The Balaban J connectivity index is 2.14. The summed E-state index contributed by atoms with van der Waals surface area (Å²) in [6.45, 7) is 13.6. The van der Waals surface area contributed by atoms with Crippen molar-refractivity contribution in [1.29, 1.82) is 0 Å². The molecule has 6 nitrogen and oxygen atoms in total. The summed E-state index contributed by atoms with van der Waals surface area (Å²) < 4.78 is 5.90. The molecular formula is C31H47N3O3. The fraction of sp³-hybridized carbons (Fsp3) is 0.548. The van der Waals surface area contributed by atoms with Crippen molar-refractivity contribution in [2.45, 2.75) is 91.5 Å². The van der Waals surface area contributed by atoms with Crippen LogP contribution in [0, 0.1) is 5.92 Å². The van der Waals surface area contributed by atoms with Crippen molar-refractivity contribution >= 4 is 11.8 Å². The van der Waals surface area contributed by atoms with Crippen LogP contribution in [0.3, 0.4) is 0 Å². The molecule has 0 aliphatic heterocycles. The van der Waals surface area contributed by atoms with E-state index in [0.29, 0.717) is 18.9 Å². The van der Waals surface area contributed by atoms with Crippen LogP contribution in [-0.4, -0.2) is 47.9 Å².